The van der Waals surface area contributed by atoms with E-state index in [4.69, 9.17) is 17.3 Å². The van der Waals surface area contributed by atoms with Crippen molar-refractivity contribution in [3.8, 4) is 5.75 Å². The third-order valence-corrected chi connectivity index (χ3v) is 9.85. The number of imide groups is 4. The zero-order valence-corrected chi connectivity index (χ0v) is 23.5. The van der Waals surface area contributed by atoms with Crippen LogP contribution in [0, 0.1) is 23.7 Å². The third kappa shape index (κ3) is 3.67. The van der Waals surface area contributed by atoms with Crippen LogP contribution in [-0.2, 0) is 24.6 Å². The summed E-state index contributed by atoms with van der Waals surface area (Å²) in [6.45, 7) is 0. The van der Waals surface area contributed by atoms with Crippen LogP contribution in [0.4, 0.5) is 10.5 Å². The molecule has 0 aromatic heterocycles. The summed E-state index contributed by atoms with van der Waals surface area (Å²) in [6, 6.07) is 21.0. The second kappa shape index (κ2) is 9.64. The summed E-state index contributed by atoms with van der Waals surface area (Å²) >= 11 is 6.30. The molecule has 1 saturated carbocycles. The normalized spacial score (nSPS) is 29.7. The van der Waals surface area contributed by atoms with Gasteiger partial charge in [0.25, 0.3) is 0 Å². The standard InChI is InChI=1S/C33H26ClN3O6/c34-19-7-4-8-20(15-19)36-29(40)25-16-24-22(13-14-23-26(24)30(41)37(28(23)39)32(35)43)27(17-9-11-21(38)12-10-17)33(25,31(36)42)18-5-2-1-3-6-18/h1-13,15,23-27,38H,14,16H2,(H2,35,43). The molecule has 2 saturated heterocycles. The van der Waals surface area contributed by atoms with E-state index in [0.29, 0.717) is 26.7 Å². The Morgan fingerprint density at radius 3 is 2.28 bits per heavy atom. The Labute approximate surface area is 251 Å². The highest BCUT2D eigenvalue weighted by molar-refractivity contribution is 6.32. The van der Waals surface area contributed by atoms with Crippen LogP contribution in [0.5, 0.6) is 5.75 Å². The van der Waals surface area contributed by atoms with Crippen LogP contribution in [0.2, 0.25) is 5.02 Å². The maximum Gasteiger partial charge on any atom is 0.328 e. The van der Waals surface area contributed by atoms with E-state index >= 15 is 0 Å². The van der Waals surface area contributed by atoms with Gasteiger partial charge in [-0.1, -0.05) is 71.8 Å². The van der Waals surface area contributed by atoms with Gasteiger partial charge in [-0.05, 0) is 60.2 Å². The SMILES string of the molecule is NC(=O)N1C(=O)C2CC=C3C(CC4C(=O)N(c5cccc(Cl)c5)C(=O)C4(c4ccccc4)C3c3ccc(O)cc3)C2C1=O. The zero-order valence-electron chi connectivity index (χ0n) is 22.7. The number of anilines is 1. The minimum atomic E-state index is -1.41. The fraction of sp³-hybridized carbons (Fsp3) is 0.242. The van der Waals surface area contributed by atoms with Crippen molar-refractivity contribution in [1.29, 1.82) is 0 Å². The number of urea groups is 1. The lowest BCUT2D eigenvalue weighted by Crippen LogP contribution is -2.53. The summed E-state index contributed by atoms with van der Waals surface area (Å²) in [6.07, 6.45) is 2.17. The van der Waals surface area contributed by atoms with Crippen LogP contribution >= 0.6 is 11.6 Å². The van der Waals surface area contributed by atoms with E-state index in [9.17, 15) is 29.1 Å². The van der Waals surface area contributed by atoms with E-state index in [-0.39, 0.29) is 18.6 Å². The van der Waals surface area contributed by atoms with Crippen molar-refractivity contribution in [3.63, 3.8) is 0 Å². The number of aromatic hydroxyl groups is 1. The largest absolute Gasteiger partial charge is 0.508 e. The smallest absolute Gasteiger partial charge is 0.328 e. The predicted molar refractivity (Wildman–Crippen MR) is 156 cm³/mol. The minimum Gasteiger partial charge on any atom is -0.508 e. The molecule has 10 heteroatoms. The Balaban J connectivity index is 1.49. The molecular weight excluding hydrogens is 570 g/mol. The molecule has 7 rings (SSSR count). The van der Waals surface area contributed by atoms with E-state index < -0.39 is 64.7 Å². The number of nitrogens with zero attached hydrogens (tertiary/aromatic N) is 2. The van der Waals surface area contributed by atoms with E-state index in [0.717, 1.165) is 5.57 Å². The molecule has 2 aliphatic carbocycles. The van der Waals surface area contributed by atoms with Gasteiger partial charge in [-0.25, -0.2) is 9.69 Å². The number of carbonyl (C=O) groups is 5. The number of hydrogen-bond acceptors (Lipinski definition) is 6. The molecule has 0 spiro atoms. The topological polar surface area (TPSA) is 138 Å². The molecule has 0 radical (unpaired) electrons. The maximum absolute atomic E-state index is 15.0. The van der Waals surface area contributed by atoms with Gasteiger partial charge in [-0.2, -0.15) is 4.90 Å². The number of carbonyl (C=O) groups excluding carboxylic acids is 5. The summed E-state index contributed by atoms with van der Waals surface area (Å²) in [5.74, 6) is -6.14. The molecule has 3 aromatic carbocycles. The molecule has 0 bridgehead atoms. The monoisotopic (exact) mass is 595 g/mol. The van der Waals surface area contributed by atoms with Crippen LogP contribution in [0.25, 0.3) is 0 Å². The van der Waals surface area contributed by atoms with Gasteiger partial charge in [-0.15, -0.1) is 0 Å². The lowest BCUT2D eigenvalue weighted by atomic mass is 9.49. The average Bonchev–Trinajstić information content (AvgIpc) is 3.39. The van der Waals surface area contributed by atoms with Crippen LogP contribution in [0.15, 0.2) is 90.5 Å². The number of primary amides is 1. The first-order valence-corrected chi connectivity index (χ1v) is 14.4. The Morgan fingerprint density at radius 2 is 1.60 bits per heavy atom. The molecule has 43 heavy (non-hydrogen) atoms. The number of allylic oxidation sites excluding steroid dienone is 2. The molecule has 3 fully saturated rings. The molecule has 2 heterocycles. The molecule has 3 aromatic rings. The van der Waals surface area contributed by atoms with Crippen LogP contribution in [0.3, 0.4) is 0 Å². The highest BCUT2D eigenvalue weighted by atomic mass is 35.5. The summed E-state index contributed by atoms with van der Waals surface area (Å²) in [7, 11) is 0. The van der Waals surface area contributed by atoms with Gasteiger partial charge in [0, 0.05) is 10.9 Å². The fourth-order valence-corrected chi connectivity index (χ4v) is 8.19. The molecule has 216 valence electrons. The Bertz CT molecular complexity index is 1760. The number of phenols is 1. The van der Waals surface area contributed by atoms with Crippen molar-refractivity contribution >= 4 is 46.9 Å². The quantitative estimate of drug-likeness (QED) is 0.342. The Hall–Kier alpha value is -4.76. The fourth-order valence-electron chi connectivity index (χ4n) is 8.00. The van der Waals surface area contributed by atoms with Crippen molar-refractivity contribution in [2.24, 2.45) is 29.4 Å². The molecule has 6 atom stereocenters. The maximum atomic E-state index is 15.0. The van der Waals surface area contributed by atoms with Crippen molar-refractivity contribution in [2.45, 2.75) is 24.2 Å². The van der Waals surface area contributed by atoms with Gasteiger partial charge in [0.15, 0.2) is 0 Å². The van der Waals surface area contributed by atoms with E-state index in [2.05, 4.69) is 0 Å². The number of benzene rings is 3. The lowest BCUT2D eigenvalue weighted by Gasteiger charge is -2.50. The molecule has 6 amide bonds. The van der Waals surface area contributed by atoms with Gasteiger partial charge < -0.3 is 10.8 Å². The van der Waals surface area contributed by atoms with Gasteiger partial charge in [0.1, 0.15) is 5.75 Å². The van der Waals surface area contributed by atoms with E-state index in [1.54, 1.807) is 36.4 Å². The van der Waals surface area contributed by atoms with Crippen molar-refractivity contribution in [1.82, 2.24) is 4.90 Å². The first kappa shape index (κ1) is 27.1. The molecule has 4 aliphatic rings. The predicted octanol–water partition coefficient (Wildman–Crippen LogP) is 4.29. The van der Waals surface area contributed by atoms with Gasteiger partial charge in [0.2, 0.25) is 23.6 Å². The van der Waals surface area contributed by atoms with Crippen LogP contribution < -0.4 is 10.6 Å². The first-order chi connectivity index (χ1) is 20.7. The molecular formula is C33H26ClN3O6. The Kier molecular flexibility index (Phi) is 6.07. The second-order valence-electron chi connectivity index (χ2n) is 11.5. The van der Waals surface area contributed by atoms with E-state index in [1.807, 2.05) is 36.4 Å². The molecule has 9 nitrogen and oxygen atoms in total. The van der Waals surface area contributed by atoms with Crippen molar-refractivity contribution in [2.75, 3.05) is 4.90 Å². The summed E-state index contributed by atoms with van der Waals surface area (Å²) in [5, 5.41) is 10.5. The number of phenolic OH excluding ortho intramolecular Hbond substituents is 1. The zero-order chi connectivity index (χ0) is 30.2. The van der Waals surface area contributed by atoms with Crippen LogP contribution in [-0.4, -0.2) is 39.7 Å². The summed E-state index contributed by atoms with van der Waals surface area (Å²) in [5.41, 5.74) is 6.40. The number of fused-ring (bicyclic) bond motifs is 4. The van der Waals surface area contributed by atoms with Gasteiger partial charge in [-0.3, -0.25) is 19.2 Å². The third-order valence-electron chi connectivity index (χ3n) is 9.61. The minimum absolute atomic E-state index is 0.0298. The number of likely N-dealkylation sites (tertiary alicyclic amines) is 1. The summed E-state index contributed by atoms with van der Waals surface area (Å²) in [4.78, 5) is 70.1. The number of halogens is 1. The van der Waals surface area contributed by atoms with Crippen molar-refractivity contribution < 1.29 is 29.1 Å². The van der Waals surface area contributed by atoms with Crippen LogP contribution in [0.1, 0.15) is 29.9 Å². The van der Waals surface area contributed by atoms with Gasteiger partial charge >= 0.3 is 6.03 Å². The molecule has 3 N–H and O–H groups in total. The highest BCUT2D eigenvalue weighted by Crippen LogP contribution is 2.64. The number of amides is 6. The molecule has 6 unspecified atom stereocenters. The number of nitrogens with two attached hydrogens (primary N) is 1. The summed E-state index contributed by atoms with van der Waals surface area (Å²) < 4.78 is 0. The van der Waals surface area contributed by atoms with Crippen molar-refractivity contribution in [3.05, 3.63) is 107 Å². The molecule has 2 aliphatic heterocycles. The lowest BCUT2D eigenvalue weighted by molar-refractivity contribution is -0.136. The Morgan fingerprint density at radius 1 is 0.884 bits per heavy atom. The second-order valence-corrected chi connectivity index (χ2v) is 12.0. The first-order valence-electron chi connectivity index (χ1n) is 14.0. The number of rotatable bonds is 3. The highest BCUT2D eigenvalue weighted by Gasteiger charge is 2.70. The van der Waals surface area contributed by atoms with Gasteiger partial charge in [0.05, 0.1) is 28.9 Å². The van der Waals surface area contributed by atoms with E-state index in [1.165, 1.54) is 17.0 Å². The average molecular weight is 596 g/mol. The number of hydrogen-bond donors (Lipinski definition) is 2.